The Hall–Kier alpha value is -0.120. The lowest BCUT2D eigenvalue weighted by Crippen LogP contribution is -2.11. The highest BCUT2D eigenvalue weighted by Gasteiger charge is 2.09. The molecule has 0 radical (unpaired) electrons. The van der Waals surface area contributed by atoms with Gasteiger partial charge in [-0.1, -0.05) is 18.5 Å². The molecule has 2 N–H and O–H groups in total. The van der Waals surface area contributed by atoms with Crippen molar-refractivity contribution < 1.29 is 0 Å². The van der Waals surface area contributed by atoms with Crippen molar-refractivity contribution in [3.8, 4) is 0 Å². The molecule has 1 unspecified atom stereocenters. The maximum absolute atomic E-state index is 5.93. The zero-order chi connectivity index (χ0) is 9.14. The topological polar surface area (TPSA) is 38.9 Å². The molecule has 0 fully saturated rings. The summed E-state index contributed by atoms with van der Waals surface area (Å²) in [6.45, 7) is 2.00. The van der Waals surface area contributed by atoms with E-state index >= 15 is 0 Å². The van der Waals surface area contributed by atoms with Gasteiger partial charge in [-0.3, -0.25) is 4.98 Å². The van der Waals surface area contributed by atoms with Gasteiger partial charge in [0.1, 0.15) is 0 Å². The van der Waals surface area contributed by atoms with Crippen molar-refractivity contribution in [2.24, 2.45) is 5.73 Å². The fourth-order valence-electron chi connectivity index (χ4n) is 0.891. The average Bonchev–Trinajstić information content (AvgIpc) is 2.03. The van der Waals surface area contributed by atoms with E-state index in [2.05, 4.69) is 20.9 Å². The first-order valence-electron chi connectivity index (χ1n) is 3.71. The number of pyridine rings is 1. The van der Waals surface area contributed by atoms with Gasteiger partial charge in [0, 0.05) is 16.7 Å². The molecule has 0 saturated carbocycles. The zero-order valence-corrected chi connectivity index (χ0v) is 9.06. The fraction of sp³-hybridized carbons (Fsp3) is 0.375. The normalized spacial score (nSPS) is 13.0. The number of halogens is 2. The molecule has 1 aromatic rings. The van der Waals surface area contributed by atoms with Crippen molar-refractivity contribution >= 4 is 27.5 Å². The number of nitrogens with two attached hydrogens (primary N) is 1. The highest BCUT2D eigenvalue weighted by molar-refractivity contribution is 9.10. The molecule has 0 amide bonds. The van der Waals surface area contributed by atoms with Gasteiger partial charge in [0.25, 0.3) is 0 Å². The maximum Gasteiger partial charge on any atom is 0.0757 e. The predicted molar refractivity (Wildman–Crippen MR) is 54.2 cm³/mol. The van der Waals surface area contributed by atoms with Gasteiger partial charge in [-0.2, -0.15) is 0 Å². The van der Waals surface area contributed by atoms with Crippen LogP contribution in [0.5, 0.6) is 0 Å². The highest BCUT2D eigenvalue weighted by Crippen LogP contribution is 2.23. The zero-order valence-electron chi connectivity index (χ0n) is 6.72. The van der Waals surface area contributed by atoms with Gasteiger partial charge in [0.05, 0.1) is 10.7 Å². The molecule has 66 valence electrons. The van der Waals surface area contributed by atoms with E-state index in [1.165, 1.54) is 0 Å². The van der Waals surface area contributed by atoms with Gasteiger partial charge in [0.2, 0.25) is 0 Å². The summed E-state index contributed by atoms with van der Waals surface area (Å²) in [4.78, 5) is 4.14. The summed E-state index contributed by atoms with van der Waals surface area (Å²) >= 11 is 9.21. The third kappa shape index (κ3) is 2.19. The molecule has 1 heterocycles. The van der Waals surface area contributed by atoms with Crippen molar-refractivity contribution in [1.82, 2.24) is 4.98 Å². The van der Waals surface area contributed by atoms with Crippen molar-refractivity contribution in [2.45, 2.75) is 19.4 Å². The predicted octanol–water partition coefficient (Wildman–Crippen LogP) is 2.91. The van der Waals surface area contributed by atoms with Gasteiger partial charge in [0.15, 0.2) is 0 Å². The maximum atomic E-state index is 5.93. The standard InChI is InChI=1S/C8H10BrClN2/c1-2-7(11)8-6(10)3-5(9)4-12-8/h3-4,7H,2,11H2,1H3. The number of rotatable bonds is 2. The van der Waals surface area contributed by atoms with Gasteiger partial charge in [-0.15, -0.1) is 0 Å². The van der Waals surface area contributed by atoms with Crippen LogP contribution in [0.3, 0.4) is 0 Å². The summed E-state index contributed by atoms with van der Waals surface area (Å²) in [7, 11) is 0. The summed E-state index contributed by atoms with van der Waals surface area (Å²) in [5.41, 5.74) is 6.55. The number of hydrogen-bond donors (Lipinski definition) is 1. The highest BCUT2D eigenvalue weighted by atomic mass is 79.9. The van der Waals surface area contributed by atoms with E-state index in [9.17, 15) is 0 Å². The molecule has 0 spiro atoms. The van der Waals surface area contributed by atoms with E-state index in [4.69, 9.17) is 17.3 Å². The Kier molecular flexibility index (Phi) is 3.50. The molecule has 0 saturated heterocycles. The van der Waals surface area contributed by atoms with Crippen molar-refractivity contribution in [3.63, 3.8) is 0 Å². The Morgan fingerprint density at radius 3 is 2.92 bits per heavy atom. The number of nitrogens with zero attached hydrogens (tertiary/aromatic N) is 1. The monoisotopic (exact) mass is 248 g/mol. The third-order valence-electron chi connectivity index (χ3n) is 1.63. The minimum atomic E-state index is -0.0643. The van der Waals surface area contributed by atoms with Crippen LogP contribution in [0.15, 0.2) is 16.7 Å². The first-order valence-corrected chi connectivity index (χ1v) is 4.88. The van der Waals surface area contributed by atoms with Crippen LogP contribution in [0, 0.1) is 0 Å². The second kappa shape index (κ2) is 4.21. The van der Waals surface area contributed by atoms with Crippen LogP contribution < -0.4 is 5.73 Å². The van der Waals surface area contributed by atoms with E-state index in [1.54, 1.807) is 12.3 Å². The quantitative estimate of drug-likeness (QED) is 0.875. The first-order chi connectivity index (χ1) is 5.65. The van der Waals surface area contributed by atoms with E-state index in [0.29, 0.717) is 5.02 Å². The second-order valence-corrected chi connectivity index (χ2v) is 3.86. The van der Waals surface area contributed by atoms with Crippen molar-refractivity contribution in [2.75, 3.05) is 0 Å². The second-order valence-electron chi connectivity index (χ2n) is 2.54. The lowest BCUT2D eigenvalue weighted by molar-refractivity contribution is 0.675. The Balaban J connectivity index is 3.01. The van der Waals surface area contributed by atoms with Crippen molar-refractivity contribution in [1.29, 1.82) is 0 Å². The summed E-state index contributed by atoms with van der Waals surface area (Å²) in [6, 6.07) is 1.74. The van der Waals surface area contributed by atoms with Gasteiger partial charge in [-0.05, 0) is 28.4 Å². The fourth-order valence-corrected chi connectivity index (χ4v) is 1.66. The van der Waals surface area contributed by atoms with E-state index in [1.807, 2.05) is 6.92 Å². The molecule has 12 heavy (non-hydrogen) atoms. The first kappa shape index (κ1) is 9.96. The number of aromatic nitrogens is 1. The lowest BCUT2D eigenvalue weighted by atomic mass is 10.1. The molecule has 0 aliphatic rings. The SMILES string of the molecule is CCC(N)c1ncc(Br)cc1Cl. The third-order valence-corrected chi connectivity index (χ3v) is 2.36. The van der Waals surface area contributed by atoms with Crippen LogP contribution in [-0.4, -0.2) is 4.98 Å². The largest absolute Gasteiger partial charge is 0.323 e. The Morgan fingerprint density at radius 1 is 1.75 bits per heavy atom. The van der Waals surface area contributed by atoms with Crippen LogP contribution in [0.4, 0.5) is 0 Å². The van der Waals surface area contributed by atoms with Crippen molar-refractivity contribution in [3.05, 3.63) is 27.5 Å². The summed E-state index contributed by atoms with van der Waals surface area (Å²) in [5.74, 6) is 0. The molecular formula is C8H10BrClN2. The van der Waals surface area contributed by atoms with Crippen LogP contribution in [0.1, 0.15) is 25.1 Å². The average molecular weight is 250 g/mol. The van der Waals surface area contributed by atoms with Crippen LogP contribution in [0.25, 0.3) is 0 Å². The molecule has 1 aromatic heterocycles. The molecule has 0 aliphatic heterocycles. The molecular weight excluding hydrogens is 239 g/mol. The molecule has 2 nitrogen and oxygen atoms in total. The minimum Gasteiger partial charge on any atom is -0.323 e. The summed E-state index contributed by atoms with van der Waals surface area (Å²) in [6.07, 6.45) is 2.55. The molecule has 0 aliphatic carbocycles. The van der Waals surface area contributed by atoms with E-state index in [0.717, 1.165) is 16.6 Å². The van der Waals surface area contributed by atoms with Gasteiger partial charge in [-0.25, -0.2) is 0 Å². The van der Waals surface area contributed by atoms with Crippen LogP contribution >= 0.6 is 27.5 Å². The lowest BCUT2D eigenvalue weighted by Gasteiger charge is -2.09. The molecule has 0 bridgehead atoms. The number of hydrogen-bond acceptors (Lipinski definition) is 2. The van der Waals surface area contributed by atoms with E-state index < -0.39 is 0 Å². The van der Waals surface area contributed by atoms with Gasteiger partial charge >= 0.3 is 0 Å². The molecule has 4 heteroatoms. The molecule has 1 rings (SSSR count). The summed E-state index contributed by atoms with van der Waals surface area (Å²) in [5, 5.41) is 0.624. The Morgan fingerprint density at radius 2 is 2.42 bits per heavy atom. The van der Waals surface area contributed by atoms with Crippen LogP contribution in [-0.2, 0) is 0 Å². The van der Waals surface area contributed by atoms with E-state index in [-0.39, 0.29) is 6.04 Å². The Bertz CT molecular complexity index is 278. The van der Waals surface area contributed by atoms with Crippen LogP contribution in [0.2, 0.25) is 5.02 Å². The minimum absolute atomic E-state index is 0.0643. The Labute approximate surface area is 85.3 Å². The van der Waals surface area contributed by atoms with Gasteiger partial charge < -0.3 is 5.73 Å². The summed E-state index contributed by atoms with van der Waals surface area (Å²) < 4.78 is 0.875. The molecule has 1 atom stereocenters. The smallest absolute Gasteiger partial charge is 0.0757 e. The molecule has 0 aromatic carbocycles.